The van der Waals surface area contributed by atoms with Gasteiger partial charge in [0.15, 0.2) is 11.9 Å². The van der Waals surface area contributed by atoms with Crippen LogP contribution >= 0.6 is 0 Å². The molecule has 6 nitrogen and oxygen atoms in total. The van der Waals surface area contributed by atoms with E-state index in [1.54, 1.807) is 24.3 Å². The number of hydrogen-bond acceptors (Lipinski definition) is 5. The number of anilines is 1. The number of nitrogens with one attached hydrogen (secondary N) is 1. The number of carbonyl (C=O) groups excluding carboxylic acids is 3. The van der Waals surface area contributed by atoms with Gasteiger partial charge in [-0.3, -0.25) is 14.4 Å². The average Bonchev–Trinajstić information content (AvgIpc) is 2.63. The molecule has 0 saturated heterocycles. The van der Waals surface area contributed by atoms with Crippen LogP contribution in [0.4, 0.5) is 5.69 Å². The molecule has 27 heavy (non-hydrogen) atoms. The molecular weight excluding hydrogens is 346 g/mol. The van der Waals surface area contributed by atoms with Crippen molar-refractivity contribution in [3.05, 3.63) is 59.7 Å². The number of rotatable bonds is 8. The molecule has 1 atom stereocenters. The smallest absolute Gasteiger partial charge is 0.310 e. The lowest BCUT2D eigenvalue weighted by molar-refractivity contribution is -0.153. The first kappa shape index (κ1) is 20.2. The number of carbonyl (C=O) groups is 3. The van der Waals surface area contributed by atoms with Gasteiger partial charge in [0.2, 0.25) is 0 Å². The Hall–Kier alpha value is -3.15. The van der Waals surface area contributed by atoms with Gasteiger partial charge < -0.3 is 14.8 Å². The van der Waals surface area contributed by atoms with E-state index in [0.717, 1.165) is 5.56 Å². The second-order valence-corrected chi connectivity index (χ2v) is 6.09. The maximum atomic E-state index is 12.2. The molecule has 1 amide bonds. The topological polar surface area (TPSA) is 81.7 Å². The van der Waals surface area contributed by atoms with Crippen LogP contribution in [0.3, 0.4) is 0 Å². The van der Waals surface area contributed by atoms with Crippen molar-refractivity contribution in [3.8, 4) is 5.75 Å². The number of ketones is 1. The number of ether oxygens (including phenoxy) is 2. The number of hydrogen-bond donors (Lipinski definition) is 1. The Labute approximate surface area is 158 Å². The van der Waals surface area contributed by atoms with Crippen molar-refractivity contribution >= 4 is 23.3 Å². The van der Waals surface area contributed by atoms with Crippen LogP contribution in [0.15, 0.2) is 48.5 Å². The molecule has 0 radical (unpaired) electrons. The summed E-state index contributed by atoms with van der Waals surface area (Å²) in [5.41, 5.74) is 1.76. The lowest BCUT2D eigenvalue weighted by atomic mass is 10.1. The van der Waals surface area contributed by atoms with Gasteiger partial charge in [-0.2, -0.15) is 0 Å². The molecule has 2 aromatic rings. The molecule has 6 heteroatoms. The van der Waals surface area contributed by atoms with E-state index < -0.39 is 18.0 Å². The van der Waals surface area contributed by atoms with Gasteiger partial charge in [-0.25, -0.2) is 0 Å². The molecule has 0 aromatic heterocycles. The van der Waals surface area contributed by atoms with Gasteiger partial charge in [-0.15, -0.1) is 0 Å². The molecule has 0 spiro atoms. The largest absolute Gasteiger partial charge is 0.493 e. The zero-order valence-corrected chi connectivity index (χ0v) is 15.7. The molecular formula is C21H23NO5. The summed E-state index contributed by atoms with van der Waals surface area (Å²) < 4.78 is 10.7. The minimum atomic E-state index is -0.990. The molecule has 0 saturated carbocycles. The van der Waals surface area contributed by atoms with Gasteiger partial charge in [0, 0.05) is 5.56 Å². The van der Waals surface area contributed by atoms with E-state index in [0.29, 0.717) is 17.0 Å². The van der Waals surface area contributed by atoms with Gasteiger partial charge in [0.25, 0.3) is 5.91 Å². The highest BCUT2D eigenvalue weighted by Gasteiger charge is 2.19. The molecule has 0 fully saturated rings. The zero-order valence-electron chi connectivity index (χ0n) is 15.7. The Morgan fingerprint density at radius 3 is 2.41 bits per heavy atom. The molecule has 1 N–H and O–H groups in total. The van der Waals surface area contributed by atoms with Crippen molar-refractivity contribution in [2.24, 2.45) is 0 Å². The second-order valence-electron chi connectivity index (χ2n) is 6.09. The van der Waals surface area contributed by atoms with E-state index in [2.05, 4.69) is 5.32 Å². The highest BCUT2D eigenvalue weighted by atomic mass is 16.5. The fourth-order valence-electron chi connectivity index (χ4n) is 2.41. The van der Waals surface area contributed by atoms with E-state index in [9.17, 15) is 14.4 Å². The summed E-state index contributed by atoms with van der Waals surface area (Å²) in [7, 11) is 0. The first-order chi connectivity index (χ1) is 12.9. The van der Waals surface area contributed by atoms with E-state index in [1.165, 1.54) is 13.8 Å². The Morgan fingerprint density at radius 2 is 1.70 bits per heavy atom. The Morgan fingerprint density at radius 1 is 1.04 bits per heavy atom. The van der Waals surface area contributed by atoms with Crippen LogP contribution in [-0.2, 0) is 14.3 Å². The first-order valence-corrected chi connectivity index (χ1v) is 8.67. The molecule has 2 rings (SSSR count). The molecule has 142 valence electrons. The van der Waals surface area contributed by atoms with E-state index in [-0.39, 0.29) is 18.8 Å². The zero-order chi connectivity index (χ0) is 19.8. The van der Waals surface area contributed by atoms with Crippen LogP contribution in [0, 0.1) is 6.92 Å². The quantitative estimate of drug-likeness (QED) is 0.568. The number of amides is 1. The van der Waals surface area contributed by atoms with Crippen LogP contribution in [0.2, 0.25) is 0 Å². The van der Waals surface area contributed by atoms with Crippen LogP contribution < -0.4 is 10.1 Å². The Balaban J connectivity index is 1.83. The molecule has 2 aromatic carbocycles. The predicted octanol–water partition coefficient (Wildman–Crippen LogP) is 3.54. The predicted molar refractivity (Wildman–Crippen MR) is 102 cm³/mol. The first-order valence-electron chi connectivity index (χ1n) is 8.67. The van der Waals surface area contributed by atoms with Gasteiger partial charge >= 0.3 is 5.97 Å². The standard InChI is InChI=1S/C21H23NO5/c1-14-8-4-7-11-19(14)26-13-12-20(24)27-16(3)21(25)22-18-10-6-5-9-17(18)15(2)23/h4-11,16H,12-13H2,1-3H3,(H,22,25)/t16-/m1/s1. The highest BCUT2D eigenvalue weighted by Crippen LogP contribution is 2.17. The number of benzene rings is 2. The third-order valence-electron chi connectivity index (χ3n) is 3.90. The fraction of sp³-hybridized carbons (Fsp3) is 0.286. The minimum Gasteiger partial charge on any atom is -0.493 e. The van der Waals surface area contributed by atoms with E-state index in [1.807, 2.05) is 31.2 Å². The van der Waals surface area contributed by atoms with Crippen molar-refractivity contribution in [1.29, 1.82) is 0 Å². The van der Waals surface area contributed by atoms with Crippen LogP contribution in [0.1, 0.15) is 36.2 Å². The molecule has 0 unspecified atom stereocenters. The lowest BCUT2D eigenvalue weighted by Crippen LogP contribution is -2.30. The number of esters is 1. The lowest BCUT2D eigenvalue weighted by Gasteiger charge is -2.15. The third kappa shape index (κ3) is 5.95. The van der Waals surface area contributed by atoms with Crippen LogP contribution in [0.25, 0.3) is 0 Å². The Bertz CT molecular complexity index is 831. The van der Waals surface area contributed by atoms with Crippen molar-refractivity contribution in [2.45, 2.75) is 33.3 Å². The average molecular weight is 369 g/mol. The van der Waals surface area contributed by atoms with Crippen molar-refractivity contribution in [1.82, 2.24) is 0 Å². The summed E-state index contributed by atoms with van der Waals surface area (Å²) in [5.74, 6) is -0.496. The third-order valence-corrected chi connectivity index (χ3v) is 3.90. The number of aryl methyl sites for hydroxylation is 1. The summed E-state index contributed by atoms with van der Waals surface area (Å²) in [6.07, 6.45) is -0.966. The van der Waals surface area contributed by atoms with Gasteiger partial charge in [0.1, 0.15) is 5.75 Å². The van der Waals surface area contributed by atoms with Crippen molar-refractivity contribution in [3.63, 3.8) is 0 Å². The fourth-order valence-corrected chi connectivity index (χ4v) is 2.41. The number of Topliss-reactive ketones (excluding diaryl/α,β-unsaturated/α-hetero) is 1. The van der Waals surface area contributed by atoms with E-state index in [4.69, 9.17) is 9.47 Å². The highest BCUT2D eigenvalue weighted by molar-refractivity contribution is 6.04. The molecule has 0 aliphatic rings. The summed E-state index contributed by atoms with van der Waals surface area (Å²) in [6, 6.07) is 14.2. The van der Waals surface area contributed by atoms with Gasteiger partial charge in [0.05, 0.1) is 18.7 Å². The Kier molecular flexibility index (Phi) is 7.11. The maximum Gasteiger partial charge on any atom is 0.310 e. The van der Waals surface area contributed by atoms with Crippen molar-refractivity contribution < 1.29 is 23.9 Å². The van der Waals surface area contributed by atoms with Gasteiger partial charge in [-0.05, 0) is 44.5 Å². The maximum absolute atomic E-state index is 12.2. The summed E-state index contributed by atoms with van der Waals surface area (Å²) in [4.78, 5) is 35.8. The second kappa shape index (κ2) is 9.52. The summed E-state index contributed by atoms with van der Waals surface area (Å²) in [5, 5.41) is 2.62. The SMILES string of the molecule is CC(=O)c1ccccc1NC(=O)[C@@H](C)OC(=O)CCOc1ccccc1C. The summed E-state index contributed by atoms with van der Waals surface area (Å²) >= 11 is 0. The monoisotopic (exact) mass is 369 g/mol. The molecule has 0 heterocycles. The van der Waals surface area contributed by atoms with Crippen LogP contribution in [-0.4, -0.2) is 30.4 Å². The van der Waals surface area contributed by atoms with E-state index >= 15 is 0 Å². The van der Waals surface area contributed by atoms with Crippen LogP contribution in [0.5, 0.6) is 5.75 Å². The van der Waals surface area contributed by atoms with Crippen molar-refractivity contribution in [2.75, 3.05) is 11.9 Å². The minimum absolute atomic E-state index is 0.0238. The summed E-state index contributed by atoms with van der Waals surface area (Å²) in [6.45, 7) is 4.97. The number of para-hydroxylation sites is 2. The normalized spacial score (nSPS) is 11.4. The molecule has 0 aliphatic carbocycles. The molecule has 0 bridgehead atoms. The molecule has 0 aliphatic heterocycles. The van der Waals surface area contributed by atoms with Gasteiger partial charge in [-0.1, -0.05) is 30.3 Å².